The van der Waals surface area contributed by atoms with Crippen LogP contribution < -0.4 is 20.1 Å². The summed E-state index contributed by atoms with van der Waals surface area (Å²) in [6.07, 6.45) is -4.77. The molecule has 3 unspecified atom stereocenters. The number of rotatable bonds is 3. The van der Waals surface area contributed by atoms with Crippen LogP contribution >= 0.6 is 23.2 Å². The average Bonchev–Trinajstić information content (AvgIpc) is 3.35. The number of likely N-dealkylation sites (tertiary alicyclic amines) is 1. The Kier molecular flexibility index (Phi) is 8.01. The van der Waals surface area contributed by atoms with Gasteiger partial charge in [0, 0.05) is 37.8 Å². The van der Waals surface area contributed by atoms with E-state index in [2.05, 4.69) is 10.0 Å². The average molecular weight is 630 g/mol. The summed E-state index contributed by atoms with van der Waals surface area (Å²) in [5.41, 5.74) is -0.201. The molecule has 4 rings (SSSR count). The van der Waals surface area contributed by atoms with E-state index in [1.807, 2.05) is 0 Å². The van der Waals surface area contributed by atoms with Crippen molar-refractivity contribution in [1.82, 2.24) is 19.5 Å². The van der Waals surface area contributed by atoms with Crippen LogP contribution in [0.1, 0.15) is 17.4 Å². The lowest BCUT2D eigenvalue weighted by molar-refractivity contribution is -0.162. The van der Waals surface area contributed by atoms with Gasteiger partial charge in [-0.3, -0.25) is 14.4 Å². The summed E-state index contributed by atoms with van der Waals surface area (Å²) < 4.78 is 87.7. The first-order valence-corrected chi connectivity index (χ1v) is 13.7. The molecule has 0 aliphatic carbocycles. The van der Waals surface area contributed by atoms with Crippen LogP contribution in [0.4, 0.5) is 23.2 Å². The summed E-state index contributed by atoms with van der Waals surface area (Å²) in [6, 6.07) is 0.123. The normalized spacial score (nSPS) is 20.9. The molecule has 3 heterocycles. The third-order valence-corrected chi connectivity index (χ3v) is 8.78. The van der Waals surface area contributed by atoms with Gasteiger partial charge in [0.15, 0.2) is 16.3 Å². The molecule has 0 saturated carbocycles. The second-order valence-electron chi connectivity index (χ2n) is 9.19. The highest BCUT2D eigenvalue weighted by Gasteiger charge is 2.45. The summed E-state index contributed by atoms with van der Waals surface area (Å²) in [5.74, 6) is -5.51. The van der Waals surface area contributed by atoms with E-state index in [9.17, 15) is 40.4 Å². The zero-order chi connectivity index (χ0) is 29.7. The van der Waals surface area contributed by atoms with Crippen molar-refractivity contribution in [1.29, 1.82) is 0 Å². The molecular weight excluding hydrogens is 609 g/mol. The van der Waals surface area contributed by atoms with E-state index in [0.29, 0.717) is 6.92 Å². The molecule has 1 aromatic heterocycles. The van der Waals surface area contributed by atoms with Crippen LogP contribution in [0.5, 0.6) is 5.75 Å². The molecule has 2 aromatic rings. The lowest BCUT2D eigenvalue weighted by Crippen LogP contribution is -2.50. The molecule has 3 atom stereocenters. The smallest absolute Gasteiger partial charge is 0.408 e. The van der Waals surface area contributed by atoms with Gasteiger partial charge < -0.3 is 24.8 Å². The van der Waals surface area contributed by atoms with Crippen molar-refractivity contribution in [3.05, 3.63) is 39.9 Å². The lowest BCUT2D eigenvalue weighted by Gasteiger charge is -2.23. The van der Waals surface area contributed by atoms with E-state index in [-0.39, 0.29) is 41.3 Å². The van der Waals surface area contributed by atoms with Gasteiger partial charge in [0.25, 0.3) is 5.91 Å². The molecule has 0 bridgehead atoms. The Morgan fingerprint density at radius 2 is 1.88 bits per heavy atom. The van der Waals surface area contributed by atoms with Crippen LogP contribution in [-0.4, -0.2) is 73.6 Å². The maximum atomic E-state index is 13.5. The first kappa shape index (κ1) is 29.9. The van der Waals surface area contributed by atoms with E-state index < -0.39 is 68.4 Å². The summed E-state index contributed by atoms with van der Waals surface area (Å²) in [5, 5.41) is 3.38. The number of ether oxygens (including phenoxy) is 1. The van der Waals surface area contributed by atoms with Crippen LogP contribution in [0.3, 0.4) is 0 Å². The predicted molar refractivity (Wildman–Crippen MR) is 133 cm³/mol. The van der Waals surface area contributed by atoms with Gasteiger partial charge in [-0.25, -0.2) is 17.5 Å². The number of carbonyl (C=O) groups excluding carboxylic acids is 3. The number of nitrogens with zero attached hydrogens (tertiary/aromatic N) is 2. The molecule has 2 aliphatic rings. The minimum atomic E-state index is -4.77. The largest absolute Gasteiger partial charge is 0.489 e. The second-order valence-corrected chi connectivity index (χ2v) is 11.6. The van der Waals surface area contributed by atoms with Crippen molar-refractivity contribution in [2.75, 3.05) is 25.0 Å². The van der Waals surface area contributed by atoms with Crippen molar-refractivity contribution < 1.29 is 45.1 Å². The summed E-state index contributed by atoms with van der Waals surface area (Å²) >= 11 is 12.0. The Hall–Kier alpha value is -3.08. The zero-order valence-electron chi connectivity index (χ0n) is 20.6. The van der Waals surface area contributed by atoms with Gasteiger partial charge in [-0.1, -0.05) is 23.2 Å². The number of anilines is 1. The van der Waals surface area contributed by atoms with E-state index in [1.165, 1.54) is 13.1 Å². The van der Waals surface area contributed by atoms with Gasteiger partial charge in [-0.2, -0.15) is 13.2 Å². The number of aromatic nitrogens is 1. The van der Waals surface area contributed by atoms with E-state index in [4.69, 9.17) is 27.9 Å². The van der Waals surface area contributed by atoms with Gasteiger partial charge in [0.2, 0.25) is 10.0 Å². The van der Waals surface area contributed by atoms with E-state index >= 15 is 0 Å². The standard InChI is InChI=1S/C22H21Cl2F4N5O6S/c1-9(22(26,27)28)29-20(35)21(36)33-6-10-8-39-16-15(19(34)30-11-3-4-13(25)12(23)5-11)32(2)18(24)17(16)40(37,38)31-14(10)7-33/h3-5,9-10,14,31H,6-8H2,1-2H3,(H,29,35)(H,30,34). The van der Waals surface area contributed by atoms with Crippen molar-refractivity contribution in [2.45, 2.75) is 30.1 Å². The van der Waals surface area contributed by atoms with E-state index in [1.54, 1.807) is 5.32 Å². The third-order valence-electron chi connectivity index (χ3n) is 6.41. The Balaban J connectivity index is 1.58. The molecule has 3 N–H and O–H groups in total. The van der Waals surface area contributed by atoms with Crippen molar-refractivity contribution >= 4 is 56.6 Å². The first-order chi connectivity index (χ1) is 18.5. The molecule has 3 amide bonds. The molecule has 1 fully saturated rings. The molecule has 218 valence electrons. The molecule has 40 heavy (non-hydrogen) atoms. The number of sulfonamides is 1. The number of alkyl halides is 3. The fourth-order valence-corrected chi connectivity index (χ4v) is 6.46. The fourth-order valence-electron chi connectivity index (χ4n) is 4.26. The molecule has 1 aromatic carbocycles. The Labute approximate surface area is 234 Å². The van der Waals surface area contributed by atoms with Crippen LogP contribution in [0.25, 0.3) is 0 Å². The maximum Gasteiger partial charge on any atom is 0.408 e. The van der Waals surface area contributed by atoms with E-state index in [0.717, 1.165) is 21.6 Å². The SMILES string of the molecule is CC(NC(=O)C(=O)N1CC2COc3c(c(Cl)n(C)c3C(=O)Nc3ccc(F)c(Cl)c3)S(=O)(=O)NC2C1)C(F)(F)F. The highest BCUT2D eigenvalue weighted by Crippen LogP contribution is 2.40. The zero-order valence-corrected chi connectivity index (χ0v) is 22.9. The van der Waals surface area contributed by atoms with Crippen LogP contribution in [0.2, 0.25) is 10.2 Å². The molecular formula is C22H21Cl2F4N5O6S. The highest BCUT2D eigenvalue weighted by atomic mass is 35.5. The number of hydrogen-bond donors (Lipinski definition) is 3. The fraction of sp³-hybridized carbons (Fsp3) is 0.409. The molecule has 0 radical (unpaired) electrons. The van der Waals surface area contributed by atoms with Gasteiger partial charge in [-0.05, 0) is 25.1 Å². The van der Waals surface area contributed by atoms with Gasteiger partial charge in [0.05, 0.1) is 11.6 Å². The van der Waals surface area contributed by atoms with Crippen LogP contribution in [0, 0.1) is 11.7 Å². The van der Waals surface area contributed by atoms with Gasteiger partial charge in [-0.15, -0.1) is 0 Å². The molecule has 11 nitrogen and oxygen atoms in total. The van der Waals surface area contributed by atoms with Gasteiger partial charge >= 0.3 is 18.0 Å². The molecule has 2 aliphatic heterocycles. The monoisotopic (exact) mass is 629 g/mol. The first-order valence-electron chi connectivity index (χ1n) is 11.5. The Bertz CT molecular complexity index is 1500. The summed E-state index contributed by atoms with van der Waals surface area (Å²) in [7, 11) is -3.16. The number of fused-ring (bicyclic) bond motifs is 2. The molecule has 0 spiro atoms. The Morgan fingerprint density at radius 1 is 1.20 bits per heavy atom. The number of nitrogens with one attached hydrogen (secondary N) is 3. The number of carbonyl (C=O) groups is 3. The minimum Gasteiger partial charge on any atom is -0.489 e. The lowest BCUT2D eigenvalue weighted by atomic mass is 10.1. The Morgan fingerprint density at radius 3 is 2.50 bits per heavy atom. The summed E-state index contributed by atoms with van der Waals surface area (Å²) in [6.45, 7) is -0.151. The van der Waals surface area contributed by atoms with Crippen LogP contribution in [-0.2, 0) is 26.7 Å². The second kappa shape index (κ2) is 10.7. The number of amides is 3. The van der Waals surface area contributed by atoms with Crippen molar-refractivity contribution in [2.24, 2.45) is 13.0 Å². The highest BCUT2D eigenvalue weighted by molar-refractivity contribution is 7.89. The van der Waals surface area contributed by atoms with Gasteiger partial charge in [0.1, 0.15) is 17.0 Å². The quantitative estimate of drug-likeness (QED) is 0.352. The number of benzene rings is 1. The van der Waals surface area contributed by atoms with Crippen molar-refractivity contribution in [3.63, 3.8) is 0 Å². The molecule has 1 saturated heterocycles. The number of hydrogen-bond acceptors (Lipinski definition) is 6. The third kappa shape index (κ3) is 5.70. The predicted octanol–water partition coefficient (Wildman–Crippen LogP) is 2.29. The maximum absolute atomic E-state index is 13.5. The number of halogens is 6. The topological polar surface area (TPSA) is 139 Å². The minimum absolute atomic E-state index is 0.0948. The van der Waals surface area contributed by atoms with Crippen LogP contribution in [0.15, 0.2) is 23.1 Å². The summed E-state index contributed by atoms with van der Waals surface area (Å²) in [4.78, 5) is 38.1. The molecule has 18 heteroatoms. The van der Waals surface area contributed by atoms with Crippen molar-refractivity contribution in [3.8, 4) is 5.75 Å².